The summed E-state index contributed by atoms with van der Waals surface area (Å²) in [5, 5.41) is 11.9. The number of para-hydroxylation sites is 1. The third-order valence-corrected chi connectivity index (χ3v) is 5.13. The fraction of sp³-hybridized carbons (Fsp3) is 0.158. The zero-order valence-electron chi connectivity index (χ0n) is 13.9. The van der Waals surface area contributed by atoms with Gasteiger partial charge in [-0.2, -0.15) is 16.4 Å². The fourth-order valence-electron chi connectivity index (χ4n) is 2.47. The first-order valence-electron chi connectivity index (χ1n) is 8.00. The summed E-state index contributed by atoms with van der Waals surface area (Å²) < 4.78 is 7.88. The molecule has 0 aliphatic heterocycles. The van der Waals surface area contributed by atoms with Crippen molar-refractivity contribution in [3.05, 3.63) is 62.9 Å². The minimum absolute atomic E-state index is 0.199. The lowest BCUT2D eigenvalue weighted by atomic mass is 10.2. The SMILES string of the molecule is CC(C)N=c1scc(-c2cc3ccccc3o2)n1N=Cc1ccsc1. The Kier molecular flexibility index (Phi) is 4.38. The maximum Gasteiger partial charge on any atom is 0.206 e. The fourth-order valence-corrected chi connectivity index (χ4v) is 4.03. The molecule has 0 amide bonds. The molecule has 0 aliphatic rings. The molecular weight excluding hydrogens is 350 g/mol. The van der Waals surface area contributed by atoms with Gasteiger partial charge in [0.05, 0.1) is 6.21 Å². The van der Waals surface area contributed by atoms with Crippen molar-refractivity contribution >= 4 is 39.9 Å². The van der Waals surface area contributed by atoms with E-state index >= 15 is 0 Å². The second kappa shape index (κ2) is 6.82. The van der Waals surface area contributed by atoms with Crippen molar-refractivity contribution < 1.29 is 4.42 Å². The van der Waals surface area contributed by atoms with Gasteiger partial charge in [0.2, 0.25) is 4.80 Å². The van der Waals surface area contributed by atoms with Crippen molar-refractivity contribution in [2.45, 2.75) is 19.9 Å². The highest BCUT2D eigenvalue weighted by molar-refractivity contribution is 7.08. The van der Waals surface area contributed by atoms with Crippen LogP contribution < -0.4 is 4.80 Å². The average Bonchev–Trinajstić information content (AvgIpc) is 3.31. The average molecular weight is 367 g/mol. The monoisotopic (exact) mass is 367 g/mol. The first kappa shape index (κ1) is 16.1. The molecule has 0 fully saturated rings. The first-order chi connectivity index (χ1) is 12.2. The Labute approximate surface area is 153 Å². The third kappa shape index (κ3) is 3.36. The van der Waals surface area contributed by atoms with Gasteiger partial charge in [-0.25, -0.2) is 4.68 Å². The summed E-state index contributed by atoms with van der Waals surface area (Å²) in [5.74, 6) is 0.796. The van der Waals surface area contributed by atoms with Gasteiger partial charge >= 0.3 is 0 Å². The van der Waals surface area contributed by atoms with Gasteiger partial charge in [-0.1, -0.05) is 18.2 Å². The maximum absolute atomic E-state index is 6.02. The Bertz CT molecular complexity index is 1050. The van der Waals surface area contributed by atoms with Crippen molar-refractivity contribution in [1.29, 1.82) is 0 Å². The zero-order valence-corrected chi connectivity index (χ0v) is 15.6. The van der Waals surface area contributed by atoms with Gasteiger partial charge in [-0.05, 0) is 42.8 Å². The van der Waals surface area contributed by atoms with Crippen LogP contribution in [0.25, 0.3) is 22.4 Å². The highest BCUT2D eigenvalue weighted by Gasteiger charge is 2.12. The molecule has 25 heavy (non-hydrogen) atoms. The Morgan fingerprint density at radius 2 is 2.04 bits per heavy atom. The predicted molar refractivity (Wildman–Crippen MR) is 106 cm³/mol. The molecule has 4 rings (SSSR count). The van der Waals surface area contributed by atoms with Gasteiger partial charge in [0.15, 0.2) is 5.76 Å². The van der Waals surface area contributed by atoms with E-state index in [2.05, 4.69) is 29.3 Å². The Morgan fingerprint density at radius 3 is 2.80 bits per heavy atom. The van der Waals surface area contributed by atoms with Crippen molar-refractivity contribution in [1.82, 2.24) is 4.68 Å². The summed E-state index contributed by atoms with van der Waals surface area (Å²) >= 11 is 3.23. The number of hydrogen-bond donors (Lipinski definition) is 0. The lowest BCUT2D eigenvalue weighted by Gasteiger charge is -2.01. The number of nitrogens with zero attached hydrogens (tertiary/aromatic N) is 3. The topological polar surface area (TPSA) is 42.8 Å². The molecule has 126 valence electrons. The number of benzene rings is 1. The first-order valence-corrected chi connectivity index (χ1v) is 9.83. The van der Waals surface area contributed by atoms with E-state index in [1.165, 1.54) is 0 Å². The molecule has 0 atom stereocenters. The van der Waals surface area contributed by atoms with Crippen LogP contribution in [0, 0.1) is 0 Å². The molecule has 0 aliphatic carbocycles. The van der Waals surface area contributed by atoms with Gasteiger partial charge in [0, 0.05) is 22.4 Å². The summed E-state index contributed by atoms with van der Waals surface area (Å²) in [6.07, 6.45) is 1.86. The van der Waals surface area contributed by atoms with Gasteiger partial charge in [-0.15, -0.1) is 11.3 Å². The second-order valence-electron chi connectivity index (χ2n) is 5.89. The summed E-state index contributed by atoms with van der Waals surface area (Å²) in [6.45, 7) is 4.13. The molecule has 0 saturated heterocycles. The molecule has 0 bridgehead atoms. The largest absolute Gasteiger partial charge is 0.454 e. The van der Waals surface area contributed by atoms with Crippen LogP contribution in [0.4, 0.5) is 0 Å². The number of thiophene rings is 1. The molecule has 3 heterocycles. The minimum atomic E-state index is 0.199. The van der Waals surface area contributed by atoms with Gasteiger partial charge in [0.25, 0.3) is 0 Å². The van der Waals surface area contributed by atoms with Crippen LogP contribution in [0.3, 0.4) is 0 Å². The lowest BCUT2D eigenvalue weighted by Crippen LogP contribution is -2.14. The lowest BCUT2D eigenvalue weighted by molar-refractivity contribution is 0.620. The smallest absolute Gasteiger partial charge is 0.206 e. The highest BCUT2D eigenvalue weighted by Crippen LogP contribution is 2.28. The number of fused-ring (bicyclic) bond motifs is 1. The molecular formula is C19H17N3OS2. The van der Waals surface area contributed by atoms with Crippen LogP contribution in [-0.4, -0.2) is 16.9 Å². The maximum atomic E-state index is 6.02. The van der Waals surface area contributed by atoms with Crippen molar-refractivity contribution in [3.8, 4) is 11.5 Å². The Balaban J connectivity index is 1.85. The highest BCUT2D eigenvalue weighted by atomic mass is 32.1. The molecule has 3 aromatic heterocycles. The van der Waals surface area contributed by atoms with Crippen molar-refractivity contribution in [2.75, 3.05) is 0 Å². The number of thiazole rings is 1. The van der Waals surface area contributed by atoms with Crippen LogP contribution in [0.2, 0.25) is 0 Å². The Morgan fingerprint density at radius 1 is 1.16 bits per heavy atom. The summed E-state index contributed by atoms with van der Waals surface area (Å²) in [4.78, 5) is 5.55. The normalized spacial score (nSPS) is 12.8. The summed E-state index contributed by atoms with van der Waals surface area (Å²) in [6, 6.07) is 12.3. The molecule has 6 heteroatoms. The van der Waals surface area contributed by atoms with Crippen LogP contribution >= 0.6 is 22.7 Å². The van der Waals surface area contributed by atoms with Crippen molar-refractivity contribution in [2.24, 2.45) is 10.1 Å². The molecule has 4 aromatic rings. The van der Waals surface area contributed by atoms with E-state index in [9.17, 15) is 0 Å². The summed E-state index contributed by atoms with van der Waals surface area (Å²) in [5.41, 5.74) is 2.86. The van der Waals surface area contributed by atoms with E-state index in [1.54, 1.807) is 22.7 Å². The van der Waals surface area contributed by atoms with Crippen LogP contribution in [-0.2, 0) is 0 Å². The van der Waals surface area contributed by atoms with E-state index < -0.39 is 0 Å². The zero-order chi connectivity index (χ0) is 17.2. The molecule has 0 spiro atoms. The van der Waals surface area contributed by atoms with Crippen molar-refractivity contribution in [3.63, 3.8) is 0 Å². The van der Waals surface area contributed by atoms with E-state index in [4.69, 9.17) is 4.42 Å². The molecule has 0 unspecified atom stereocenters. The van der Waals surface area contributed by atoms with E-state index in [1.807, 2.05) is 58.0 Å². The standard InChI is InChI=1S/C19H17N3OS2/c1-13(2)21-19-22(20-10-14-7-8-24-11-14)16(12-25-19)18-9-15-5-3-4-6-17(15)23-18/h3-13H,1-2H3. The van der Waals surface area contributed by atoms with E-state index in [-0.39, 0.29) is 6.04 Å². The number of rotatable bonds is 4. The predicted octanol–water partition coefficient (Wildman–Crippen LogP) is 5.22. The van der Waals surface area contributed by atoms with E-state index in [0.717, 1.165) is 32.8 Å². The minimum Gasteiger partial charge on any atom is -0.454 e. The van der Waals surface area contributed by atoms with Crippen LogP contribution in [0.15, 0.2) is 67.0 Å². The number of hydrogen-bond acceptors (Lipinski definition) is 5. The number of furan rings is 1. The quantitative estimate of drug-likeness (QED) is 0.456. The molecule has 0 N–H and O–H groups in total. The summed E-state index contributed by atoms with van der Waals surface area (Å²) in [7, 11) is 0. The Hall–Kier alpha value is -2.44. The van der Waals surface area contributed by atoms with Gasteiger partial charge in [0.1, 0.15) is 11.3 Å². The molecule has 0 saturated carbocycles. The molecule has 4 nitrogen and oxygen atoms in total. The van der Waals surface area contributed by atoms with Crippen LogP contribution in [0.1, 0.15) is 19.4 Å². The second-order valence-corrected chi connectivity index (χ2v) is 7.50. The third-order valence-electron chi connectivity index (χ3n) is 3.60. The molecule has 1 aromatic carbocycles. The van der Waals surface area contributed by atoms with E-state index in [0.29, 0.717) is 0 Å². The van der Waals surface area contributed by atoms with Crippen LogP contribution in [0.5, 0.6) is 0 Å². The van der Waals surface area contributed by atoms with Gasteiger partial charge < -0.3 is 4.42 Å². The number of aromatic nitrogens is 1. The van der Waals surface area contributed by atoms with Gasteiger partial charge in [-0.3, -0.25) is 4.99 Å². The molecule has 0 radical (unpaired) electrons.